The number of carbonyl (C=O) groups is 1. The number of aromatic nitrogens is 2. The van der Waals surface area contributed by atoms with Crippen LogP contribution in [0.25, 0.3) is 0 Å². The van der Waals surface area contributed by atoms with Crippen LogP contribution in [0.3, 0.4) is 0 Å². The van der Waals surface area contributed by atoms with Crippen molar-refractivity contribution in [3.63, 3.8) is 0 Å². The van der Waals surface area contributed by atoms with E-state index in [-0.39, 0.29) is 11.9 Å². The molecule has 1 heterocycles. The van der Waals surface area contributed by atoms with Crippen LogP contribution < -0.4 is 4.74 Å². The molecule has 0 saturated heterocycles. The van der Waals surface area contributed by atoms with Crippen LogP contribution in [0.2, 0.25) is 0 Å². The molecule has 0 aliphatic heterocycles. The second-order valence-electron chi connectivity index (χ2n) is 6.77. The Bertz CT molecular complexity index is 696. The molecule has 0 saturated carbocycles. The first kappa shape index (κ1) is 20.8. The van der Waals surface area contributed by atoms with Gasteiger partial charge in [-0.3, -0.25) is 0 Å². The van der Waals surface area contributed by atoms with E-state index in [0.29, 0.717) is 0 Å². The van der Waals surface area contributed by atoms with E-state index in [1.165, 1.54) is 30.9 Å². The van der Waals surface area contributed by atoms with E-state index in [9.17, 15) is 4.79 Å². The Labute approximate surface area is 162 Å². The number of benzene rings is 1. The minimum atomic E-state index is -0.442. The number of ether oxygens (including phenoxy) is 1. The topological polar surface area (TPSA) is 52.1 Å². The Hall–Kier alpha value is -2.49. The molecule has 0 aliphatic rings. The second-order valence-corrected chi connectivity index (χ2v) is 6.77. The van der Waals surface area contributed by atoms with Gasteiger partial charge in [-0.25, -0.2) is 14.8 Å². The number of esters is 1. The summed E-state index contributed by atoms with van der Waals surface area (Å²) >= 11 is 0. The van der Waals surface area contributed by atoms with Gasteiger partial charge in [-0.15, -0.1) is 0 Å². The summed E-state index contributed by atoms with van der Waals surface area (Å²) in [6, 6.07) is 10.3. The summed E-state index contributed by atoms with van der Waals surface area (Å²) in [5, 5.41) is 0. The van der Waals surface area contributed by atoms with Crippen LogP contribution in [0, 0.1) is 0 Å². The van der Waals surface area contributed by atoms with Crippen LogP contribution in [0.4, 0.5) is 0 Å². The van der Waals surface area contributed by atoms with E-state index in [2.05, 4.69) is 35.9 Å². The highest BCUT2D eigenvalue weighted by atomic mass is 16.5. The van der Waals surface area contributed by atoms with E-state index in [4.69, 9.17) is 4.74 Å². The molecule has 0 bridgehead atoms. The molecule has 1 aromatic heterocycles. The fraction of sp³-hybridized carbons (Fsp3) is 0.435. The molecule has 1 atom stereocenters. The van der Waals surface area contributed by atoms with Crippen molar-refractivity contribution in [2.45, 2.75) is 64.7 Å². The summed E-state index contributed by atoms with van der Waals surface area (Å²) in [4.78, 5) is 20.4. The van der Waals surface area contributed by atoms with Crippen molar-refractivity contribution in [1.82, 2.24) is 9.97 Å². The van der Waals surface area contributed by atoms with Gasteiger partial charge in [0.1, 0.15) is 0 Å². The van der Waals surface area contributed by atoms with E-state index >= 15 is 0 Å². The third-order valence-corrected chi connectivity index (χ3v) is 4.48. The van der Waals surface area contributed by atoms with Gasteiger partial charge in [0.25, 0.3) is 0 Å². The van der Waals surface area contributed by atoms with Crippen molar-refractivity contribution < 1.29 is 9.53 Å². The average molecular weight is 367 g/mol. The van der Waals surface area contributed by atoms with E-state index < -0.39 is 5.97 Å². The number of nitrogens with zero attached hydrogens (tertiary/aromatic N) is 2. The standard InChI is InChI=1S/C23H30N2O2/c1-3-5-6-8-12-19-17-24-23(25-18-19)27-22(26)16-15-20(11-4-2)21-13-9-7-10-14-21/h7,9-10,13-18,20H,3-6,8,11-12H2,1-2H3/b16-15+. The molecule has 1 unspecified atom stereocenters. The summed E-state index contributed by atoms with van der Waals surface area (Å²) in [5.41, 5.74) is 2.28. The number of hydrogen-bond acceptors (Lipinski definition) is 4. The first-order valence-electron chi connectivity index (χ1n) is 9.98. The normalized spacial score (nSPS) is 12.2. The summed E-state index contributed by atoms with van der Waals surface area (Å²) in [6.45, 7) is 4.34. The van der Waals surface area contributed by atoms with E-state index in [1.807, 2.05) is 24.3 Å². The molecule has 0 spiro atoms. The number of unbranched alkanes of at least 4 members (excludes halogenated alkanes) is 3. The molecule has 4 heteroatoms. The Kier molecular flexibility index (Phi) is 9.25. The second kappa shape index (κ2) is 12.0. The molecule has 144 valence electrons. The molecule has 2 rings (SSSR count). The van der Waals surface area contributed by atoms with Crippen molar-refractivity contribution >= 4 is 5.97 Å². The van der Waals surface area contributed by atoms with Gasteiger partial charge in [-0.05, 0) is 30.4 Å². The number of rotatable bonds is 11. The van der Waals surface area contributed by atoms with Gasteiger partial charge < -0.3 is 4.74 Å². The van der Waals surface area contributed by atoms with Crippen LogP contribution in [0.5, 0.6) is 6.01 Å². The monoisotopic (exact) mass is 366 g/mol. The molecule has 27 heavy (non-hydrogen) atoms. The molecular formula is C23H30N2O2. The molecule has 0 aliphatic carbocycles. The third-order valence-electron chi connectivity index (χ3n) is 4.48. The lowest BCUT2D eigenvalue weighted by atomic mass is 9.94. The van der Waals surface area contributed by atoms with Crippen LogP contribution in [0.1, 0.15) is 69.4 Å². The van der Waals surface area contributed by atoms with Crippen molar-refractivity contribution in [3.8, 4) is 6.01 Å². The van der Waals surface area contributed by atoms with Gasteiger partial charge >= 0.3 is 12.0 Å². The molecule has 0 amide bonds. The molecule has 0 radical (unpaired) electrons. The minimum absolute atomic E-state index is 0.105. The molecule has 2 aromatic rings. The van der Waals surface area contributed by atoms with Crippen LogP contribution >= 0.6 is 0 Å². The van der Waals surface area contributed by atoms with Crippen molar-refractivity contribution in [2.24, 2.45) is 0 Å². The zero-order valence-electron chi connectivity index (χ0n) is 16.4. The fourth-order valence-corrected chi connectivity index (χ4v) is 2.98. The zero-order valence-corrected chi connectivity index (χ0v) is 16.4. The highest BCUT2D eigenvalue weighted by Crippen LogP contribution is 2.22. The number of hydrogen-bond donors (Lipinski definition) is 0. The number of aryl methyl sites for hydroxylation is 1. The highest BCUT2D eigenvalue weighted by Gasteiger charge is 2.09. The predicted molar refractivity (Wildman–Crippen MR) is 109 cm³/mol. The molecule has 0 fully saturated rings. The first-order valence-corrected chi connectivity index (χ1v) is 9.98. The smallest absolute Gasteiger partial charge is 0.338 e. The average Bonchev–Trinajstić information content (AvgIpc) is 2.70. The molecule has 0 N–H and O–H groups in total. The van der Waals surface area contributed by atoms with E-state index in [1.54, 1.807) is 12.4 Å². The maximum atomic E-state index is 12.1. The minimum Gasteiger partial charge on any atom is -0.388 e. The zero-order chi connectivity index (χ0) is 19.3. The van der Waals surface area contributed by atoms with Gasteiger partial charge in [0.05, 0.1) is 0 Å². The summed E-state index contributed by atoms with van der Waals surface area (Å²) in [5.74, 6) is -0.238. The Morgan fingerprint density at radius 2 is 1.78 bits per heavy atom. The van der Waals surface area contributed by atoms with E-state index in [0.717, 1.165) is 31.2 Å². The van der Waals surface area contributed by atoms with Crippen molar-refractivity contribution in [1.29, 1.82) is 0 Å². The molecule has 1 aromatic carbocycles. The Balaban J connectivity index is 1.87. The first-order chi connectivity index (χ1) is 13.2. The lowest BCUT2D eigenvalue weighted by Crippen LogP contribution is -2.08. The van der Waals surface area contributed by atoms with Gasteiger partial charge in [-0.2, -0.15) is 0 Å². The quantitative estimate of drug-likeness (QED) is 0.293. The van der Waals surface area contributed by atoms with Gasteiger partial charge in [0.15, 0.2) is 0 Å². The summed E-state index contributed by atoms with van der Waals surface area (Å²) in [6.07, 6.45) is 14.7. The van der Waals surface area contributed by atoms with Crippen LogP contribution in [-0.4, -0.2) is 15.9 Å². The van der Waals surface area contributed by atoms with Gasteiger partial charge in [0.2, 0.25) is 0 Å². The van der Waals surface area contributed by atoms with Crippen LogP contribution in [0.15, 0.2) is 54.9 Å². The van der Waals surface area contributed by atoms with Gasteiger partial charge in [-0.1, -0.05) is 75.9 Å². The van der Waals surface area contributed by atoms with Gasteiger partial charge in [0, 0.05) is 24.4 Å². The predicted octanol–water partition coefficient (Wildman–Crippen LogP) is 5.64. The van der Waals surface area contributed by atoms with Crippen molar-refractivity contribution in [2.75, 3.05) is 0 Å². The summed E-state index contributed by atoms with van der Waals surface area (Å²) in [7, 11) is 0. The lowest BCUT2D eigenvalue weighted by Gasteiger charge is -2.11. The highest BCUT2D eigenvalue weighted by molar-refractivity contribution is 5.83. The van der Waals surface area contributed by atoms with Crippen LogP contribution in [-0.2, 0) is 11.2 Å². The fourth-order valence-electron chi connectivity index (χ4n) is 2.98. The SMILES string of the molecule is CCCCCCc1cnc(OC(=O)/C=C/C(CCC)c2ccccc2)nc1. The molecule has 4 nitrogen and oxygen atoms in total. The molecular weight excluding hydrogens is 336 g/mol. The summed E-state index contributed by atoms with van der Waals surface area (Å²) < 4.78 is 5.23. The largest absolute Gasteiger partial charge is 0.388 e. The van der Waals surface area contributed by atoms with Crippen molar-refractivity contribution in [3.05, 3.63) is 66.0 Å². The third kappa shape index (κ3) is 7.73. The maximum absolute atomic E-state index is 12.1. The lowest BCUT2D eigenvalue weighted by molar-refractivity contribution is -0.129. The number of carbonyl (C=O) groups excluding carboxylic acids is 1. The Morgan fingerprint density at radius 3 is 2.44 bits per heavy atom. The maximum Gasteiger partial charge on any atom is 0.338 e. The Morgan fingerprint density at radius 1 is 1.04 bits per heavy atom. The number of allylic oxidation sites excluding steroid dienone is 1.